The fourth-order valence-corrected chi connectivity index (χ4v) is 2.23. The second kappa shape index (κ2) is 4.42. The van der Waals surface area contributed by atoms with Gasteiger partial charge in [-0.2, -0.15) is 0 Å². The molecular weight excluding hydrogens is 196 g/mol. The number of carbonyl (C=O) groups excluding carboxylic acids is 1. The predicted octanol–water partition coefficient (Wildman–Crippen LogP) is 1.19. The first-order valence-corrected chi connectivity index (χ1v) is 5.00. The lowest BCUT2D eigenvalue weighted by Gasteiger charge is -2.04. The van der Waals surface area contributed by atoms with Crippen LogP contribution in [0.25, 0.3) is 0 Å². The second-order valence-electron chi connectivity index (χ2n) is 1.99. The van der Waals surface area contributed by atoms with Gasteiger partial charge in [-0.3, -0.25) is 4.79 Å². The smallest absolute Gasteiger partial charge is 0.318 e. The molecule has 12 heavy (non-hydrogen) atoms. The maximum atomic E-state index is 11.0. The summed E-state index contributed by atoms with van der Waals surface area (Å²) in [4.78, 5) is 11.0. The molecule has 1 atom stereocenters. The molecular formula is C6H8N2O2S2. The standard InChI is InChI=1S/C6H8N2O2S2/c1-4(5(9)10-2)12-6-8-7-3-11-6/h3-4H,1-2H3. The molecule has 0 saturated heterocycles. The summed E-state index contributed by atoms with van der Waals surface area (Å²) in [6.07, 6.45) is 0. The summed E-state index contributed by atoms with van der Waals surface area (Å²) in [5, 5.41) is 7.23. The Morgan fingerprint density at radius 2 is 2.58 bits per heavy atom. The molecule has 0 radical (unpaired) electrons. The maximum absolute atomic E-state index is 11.0. The molecule has 0 aliphatic heterocycles. The van der Waals surface area contributed by atoms with Crippen molar-refractivity contribution in [1.82, 2.24) is 10.2 Å². The van der Waals surface area contributed by atoms with Crippen molar-refractivity contribution in [3.8, 4) is 0 Å². The third-order valence-corrected chi connectivity index (χ3v) is 3.04. The lowest BCUT2D eigenvalue weighted by atomic mass is 10.5. The topological polar surface area (TPSA) is 52.1 Å². The number of nitrogens with zero attached hydrogens (tertiary/aromatic N) is 2. The molecule has 0 spiro atoms. The predicted molar refractivity (Wildman–Crippen MR) is 47.2 cm³/mol. The third-order valence-electron chi connectivity index (χ3n) is 1.15. The van der Waals surface area contributed by atoms with Crippen LogP contribution in [0.2, 0.25) is 0 Å². The van der Waals surface area contributed by atoms with E-state index in [0.29, 0.717) is 0 Å². The zero-order valence-corrected chi connectivity index (χ0v) is 8.32. The highest BCUT2D eigenvalue weighted by Crippen LogP contribution is 2.24. The summed E-state index contributed by atoms with van der Waals surface area (Å²) in [6.45, 7) is 1.78. The molecule has 0 N–H and O–H groups in total. The highest BCUT2D eigenvalue weighted by atomic mass is 32.2. The van der Waals surface area contributed by atoms with E-state index in [1.54, 1.807) is 12.4 Å². The van der Waals surface area contributed by atoms with Gasteiger partial charge in [-0.1, -0.05) is 23.1 Å². The third kappa shape index (κ3) is 2.46. The Balaban J connectivity index is 2.47. The van der Waals surface area contributed by atoms with Crippen molar-refractivity contribution in [2.75, 3.05) is 7.11 Å². The lowest BCUT2D eigenvalue weighted by molar-refractivity contribution is -0.139. The van der Waals surface area contributed by atoms with Crippen LogP contribution in [-0.4, -0.2) is 28.5 Å². The van der Waals surface area contributed by atoms with Gasteiger partial charge in [-0.05, 0) is 6.92 Å². The van der Waals surface area contributed by atoms with Gasteiger partial charge in [0.2, 0.25) is 0 Å². The Kier molecular flexibility index (Phi) is 3.48. The van der Waals surface area contributed by atoms with Gasteiger partial charge in [0.15, 0.2) is 4.34 Å². The normalized spacial score (nSPS) is 12.5. The highest BCUT2D eigenvalue weighted by molar-refractivity contribution is 8.02. The average molecular weight is 204 g/mol. The van der Waals surface area contributed by atoms with Gasteiger partial charge in [0.05, 0.1) is 7.11 Å². The van der Waals surface area contributed by atoms with Crippen LogP contribution in [0.15, 0.2) is 9.85 Å². The minimum Gasteiger partial charge on any atom is -0.468 e. The van der Waals surface area contributed by atoms with Gasteiger partial charge in [0, 0.05) is 0 Å². The van der Waals surface area contributed by atoms with Crippen molar-refractivity contribution in [3.05, 3.63) is 5.51 Å². The van der Waals surface area contributed by atoms with Gasteiger partial charge in [0.25, 0.3) is 0 Å². The summed E-state index contributed by atoms with van der Waals surface area (Å²) in [7, 11) is 1.37. The largest absolute Gasteiger partial charge is 0.468 e. The molecule has 4 nitrogen and oxygen atoms in total. The van der Waals surface area contributed by atoms with Gasteiger partial charge >= 0.3 is 5.97 Å². The van der Waals surface area contributed by atoms with E-state index in [1.807, 2.05) is 0 Å². The minimum atomic E-state index is -0.241. The van der Waals surface area contributed by atoms with Crippen molar-refractivity contribution in [2.24, 2.45) is 0 Å². The number of methoxy groups -OCH3 is 1. The summed E-state index contributed by atoms with van der Waals surface area (Å²) in [5.41, 5.74) is 1.63. The van der Waals surface area contributed by atoms with E-state index in [0.717, 1.165) is 4.34 Å². The molecule has 66 valence electrons. The van der Waals surface area contributed by atoms with Gasteiger partial charge < -0.3 is 4.74 Å². The van der Waals surface area contributed by atoms with E-state index in [2.05, 4.69) is 14.9 Å². The van der Waals surface area contributed by atoms with E-state index in [1.165, 1.54) is 30.2 Å². The van der Waals surface area contributed by atoms with Crippen LogP contribution >= 0.6 is 23.1 Å². The lowest BCUT2D eigenvalue weighted by Crippen LogP contribution is -2.14. The first-order chi connectivity index (χ1) is 5.74. The molecule has 0 bridgehead atoms. The Labute approximate surface area is 78.3 Å². The number of hydrogen-bond acceptors (Lipinski definition) is 6. The first-order valence-electron chi connectivity index (χ1n) is 3.24. The number of hydrogen-bond donors (Lipinski definition) is 0. The number of aromatic nitrogens is 2. The molecule has 1 aromatic rings. The summed E-state index contributed by atoms with van der Waals surface area (Å²) >= 11 is 2.77. The van der Waals surface area contributed by atoms with Crippen LogP contribution < -0.4 is 0 Å². The van der Waals surface area contributed by atoms with Crippen molar-refractivity contribution < 1.29 is 9.53 Å². The van der Waals surface area contributed by atoms with Gasteiger partial charge in [0.1, 0.15) is 10.8 Å². The molecule has 0 amide bonds. The average Bonchev–Trinajstić information content (AvgIpc) is 2.55. The SMILES string of the molecule is COC(=O)C(C)Sc1nncs1. The molecule has 6 heteroatoms. The van der Waals surface area contributed by atoms with E-state index >= 15 is 0 Å². The number of rotatable bonds is 3. The monoisotopic (exact) mass is 204 g/mol. The van der Waals surface area contributed by atoms with Crippen molar-refractivity contribution >= 4 is 29.1 Å². The van der Waals surface area contributed by atoms with Crippen molar-refractivity contribution in [1.29, 1.82) is 0 Å². The van der Waals surface area contributed by atoms with E-state index < -0.39 is 0 Å². The zero-order valence-electron chi connectivity index (χ0n) is 6.68. The molecule has 1 aromatic heterocycles. The van der Waals surface area contributed by atoms with E-state index in [4.69, 9.17) is 0 Å². The van der Waals surface area contributed by atoms with E-state index in [-0.39, 0.29) is 11.2 Å². The molecule has 1 heterocycles. The molecule has 0 aliphatic carbocycles. The van der Waals surface area contributed by atoms with Gasteiger partial charge in [-0.25, -0.2) is 0 Å². The Morgan fingerprint density at radius 3 is 3.08 bits per heavy atom. The molecule has 0 aromatic carbocycles. The molecule has 0 saturated carbocycles. The fourth-order valence-electron chi connectivity index (χ4n) is 0.580. The van der Waals surface area contributed by atoms with Crippen molar-refractivity contribution in [3.63, 3.8) is 0 Å². The minimum absolute atomic E-state index is 0.219. The molecule has 1 rings (SSSR count). The highest BCUT2D eigenvalue weighted by Gasteiger charge is 2.15. The zero-order chi connectivity index (χ0) is 8.97. The first kappa shape index (κ1) is 9.47. The molecule has 1 unspecified atom stereocenters. The van der Waals surface area contributed by atoms with Crippen LogP contribution in [0.1, 0.15) is 6.92 Å². The summed E-state index contributed by atoms with van der Waals surface area (Å²) < 4.78 is 5.34. The summed E-state index contributed by atoms with van der Waals surface area (Å²) in [6, 6.07) is 0. The Bertz CT molecular complexity index is 250. The number of ether oxygens (including phenoxy) is 1. The van der Waals surface area contributed by atoms with E-state index in [9.17, 15) is 4.79 Å². The number of esters is 1. The number of thioether (sulfide) groups is 1. The number of carbonyl (C=O) groups is 1. The maximum Gasteiger partial charge on any atom is 0.318 e. The van der Waals surface area contributed by atoms with Crippen molar-refractivity contribution in [2.45, 2.75) is 16.5 Å². The molecule has 0 aliphatic rings. The quantitative estimate of drug-likeness (QED) is 0.547. The van der Waals surface area contributed by atoms with Crippen LogP contribution in [0.3, 0.4) is 0 Å². The van der Waals surface area contributed by atoms with Crippen LogP contribution in [0.5, 0.6) is 0 Å². The second-order valence-corrected chi connectivity index (χ2v) is 4.41. The van der Waals surface area contributed by atoms with Crippen LogP contribution in [0.4, 0.5) is 0 Å². The summed E-state index contributed by atoms with van der Waals surface area (Å²) in [5.74, 6) is -0.241. The van der Waals surface area contributed by atoms with Gasteiger partial charge in [-0.15, -0.1) is 10.2 Å². The van der Waals surface area contributed by atoms with Crippen LogP contribution in [0, 0.1) is 0 Å². The Morgan fingerprint density at radius 1 is 1.83 bits per heavy atom. The molecule has 0 fully saturated rings. The van der Waals surface area contributed by atoms with Crippen LogP contribution in [-0.2, 0) is 9.53 Å². The Hall–Kier alpha value is -0.620. The fraction of sp³-hybridized carbons (Fsp3) is 0.500.